The van der Waals surface area contributed by atoms with Gasteiger partial charge in [0.2, 0.25) is 5.95 Å². The molecule has 3 aromatic rings. The SMILES string of the molecule is C=C(NNC(=O)C(Nc1ccc(C(=N)N)cc1)c1cc(OC)c(OC)cc1F)c1cccnc1F.CC(F)(F)C(=O)O. The molecule has 3 rings (SSSR count). The average Bonchev–Trinajstić information content (AvgIpc) is 2.94. The van der Waals surface area contributed by atoms with Crippen LogP contribution < -0.4 is 31.4 Å². The highest BCUT2D eigenvalue weighted by Crippen LogP contribution is 2.34. The number of ether oxygens (including phenoxy) is 2. The van der Waals surface area contributed by atoms with Crippen LogP contribution in [0.2, 0.25) is 0 Å². The van der Waals surface area contributed by atoms with Crippen molar-refractivity contribution in [3.05, 3.63) is 89.8 Å². The second-order valence-electron chi connectivity index (χ2n) is 8.43. The monoisotopic (exact) mass is 592 g/mol. The standard InChI is InChI=1S/C24H24F2N6O3.C3H4F2O2/c1-13(16-5-4-10-29-22(16)26)31-32-24(33)21(30-15-8-6-14(7-9-15)23(27)28)17-11-19(34-2)20(35-3)12-18(17)25;1-3(4,5)2(6)7/h4-12,21,30-31H,1H2,2-3H3,(H3,27,28)(H,32,33);1H3,(H,6,7). The second kappa shape index (κ2) is 14.3. The molecule has 2 aromatic carbocycles. The molecule has 0 bridgehead atoms. The number of carboxylic acid groups (broad SMARTS) is 1. The van der Waals surface area contributed by atoms with Crippen LogP contribution in [0.1, 0.15) is 29.7 Å². The third kappa shape index (κ3) is 8.84. The zero-order valence-corrected chi connectivity index (χ0v) is 22.6. The number of benzene rings is 2. The highest BCUT2D eigenvalue weighted by molar-refractivity contribution is 5.95. The lowest BCUT2D eigenvalue weighted by Gasteiger charge is -2.22. The number of aromatic nitrogens is 1. The highest BCUT2D eigenvalue weighted by atomic mass is 19.3. The molecule has 11 nitrogen and oxygen atoms in total. The Morgan fingerprint density at radius 1 is 1.07 bits per heavy atom. The minimum absolute atomic E-state index is 0.0429. The molecule has 1 heterocycles. The first-order chi connectivity index (χ1) is 19.7. The van der Waals surface area contributed by atoms with Gasteiger partial charge in [-0.3, -0.25) is 21.1 Å². The highest BCUT2D eigenvalue weighted by Gasteiger charge is 2.31. The number of carbonyl (C=O) groups excluding carboxylic acids is 1. The third-order valence-electron chi connectivity index (χ3n) is 5.38. The van der Waals surface area contributed by atoms with Crippen LogP contribution in [0.15, 0.2) is 61.3 Å². The Hall–Kier alpha value is -5.34. The van der Waals surface area contributed by atoms with Gasteiger partial charge in [-0.25, -0.2) is 14.2 Å². The molecule has 0 aliphatic carbocycles. The average molecular weight is 593 g/mol. The van der Waals surface area contributed by atoms with E-state index in [1.807, 2.05) is 0 Å². The number of hydrogen-bond donors (Lipinski definition) is 6. The summed E-state index contributed by atoms with van der Waals surface area (Å²) >= 11 is 0. The number of amidine groups is 1. The lowest BCUT2D eigenvalue weighted by molar-refractivity contribution is -0.161. The van der Waals surface area contributed by atoms with Crippen molar-refractivity contribution >= 4 is 29.1 Å². The number of nitrogens with zero attached hydrogens (tertiary/aromatic N) is 1. The smallest absolute Gasteiger partial charge is 0.374 e. The van der Waals surface area contributed by atoms with Crippen LogP contribution in [0, 0.1) is 17.2 Å². The maximum atomic E-state index is 15.1. The number of hydrazine groups is 1. The number of carbonyl (C=O) groups is 2. The molecule has 0 radical (unpaired) electrons. The first kappa shape index (κ1) is 32.9. The van der Waals surface area contributed by atoms with Crippen LogP contribution in [-0.2, 0) is 9.59 Å². The molecule has 15 heteroatoms. The Morgan fingerprint density at radius 2 is 1.64 bits per heavy atom. The number of rotatable bonds is 11. The predicted molar refractivity (Wildman–Crippen MR) is 146 cm³/mol. The van der Waals surface area contributed by atoms with Crippen molar-refractivity contribution in [2.45, 2.75) is 18.9 Å². The van der Waals surface area contributed by atoms with Crippen LogP contribution >= 0.6 is 0 Å². The number of anilines is 1. The Morgan fingerprint density at radius 3 is 2.14 bits per heavy atom. The van der Waals surface area contributed by atoms with Crippen LogP contribution in [-0.4, -0.2) is 47.9 Å². The molecule has 1 unspecified atom stereocenters. The fraction of sp³-hybridized carbons (Fsp3) is 0.185. The van der Waals surface area contributed by atoms with Gasteiger partial charge in [0, 0.05) is 36.0 Å². The third-order valence-corrected chi connectivity index (χ3v) is 5.38. The number of nitrogens with two attached hydrogens (primary N) is 1. The maximum absolute atomic E-state index is 15.1. The molecular weight excluding hydrogens is 564 g/mol. The summed E-state index contributed by atoms with van der Waals surface area (Å²) in [5.74, 6) is -7.65. The molecule has 0 saturated heterocycles. The van der Waals surface area contributed by atoms with E-state index in [4.69, 9.17) is 25.7 Å². The summed E-state index contributed by atoms with van der Waals surface area (Å²) in [4.78, 5) is 26.0. The van der Waals surface area contributed by atoms with Crippen molar-refractivity contribution in [3.63, 3.8) is 0 Å². The van der Waals surface area contributed by atoms with Gasteiger partial charge in [0.05, 0.1) is 25.5 Å². The van der Waals surface area contributed by atoms with Gasteiger partial charge in [0.15, 0.2) is 11.5 Å². The lowest BCUT2D eigenvalue weighted by atomic mass is 10.0. The van der Waals surface area contributed by atoms with E-state index >= 15 is 4.39 Å². The predicted octanol–water partition coefficient (Wildman–Crippen LogP) is 3.83. The first-order valence-corrected chi connectivity index (χ1v) is 11.8. The van der Waals surface area contributed by atoms with Crippen molar-refractivity contribution in [1.82, 2.24) is 15.8 Å². The molecule has 224 valence electrons. The van der Waals surface area contributed by atoms with Crippen LogP contribution in [0.3, 0.4) is 0 Å². The van der Waals surface area contributed by atoms with Crippen molar-refractivity contribution in [2.75, 3.05) is 19.5 Å². The molecule has 0 saturated carbocycles. The minimum atomic E-state index is -3.58. The number of halogens is 4. The molecular formula is C27H28F4N6O5. The molecule has 0 spiro atoms. The molecule has 42 heavy (non-hydrogen) atoms. The van der Waals surface area contributed by atoms with Crippen LogP contribution in [0.5, 0.6) is 11.5 Å². The molecule has 0 fully saturated rings. The molecule has 0 aliphatic heterocycles. The molecule has 7 N–H and O–H groups in total. The number of alkyl halides is 2. The number of nitrogens with one attached hydrogen (secondary N) is 4. The Kier molecular flexibility index (Phi) is 11.2. The van der Waals surface area contributed by atoms with Crippen LogP contribution in [0.4, 0.5) is 23.2 Å². The van der Waals surface area contributed by atoms with Crippen molar-refractivity contribution in [2.24, 2.45) is 5.73 Å². The summed E-state index contributed by atoms with van der Waals surface area (Å²) in [6.45, 7) is 4.03. The number of pyridine rings is 1. The minimum Gasteiger partial charge on any atom is -0.493 e. The van der Waals surface area contributed by atoms with E-state index in [0.717, 1.165) is 6.07 Å². The van der Waals surface area contributed by atoms with E-state index < -0.39 is 35.6 Å². The zero-order chi connectivity index (χ0) is 31.6. The normalized spacial score (nSPS) is 11.2. The van der Waals surface area contributed by atoms with Gasteiger partial charge < -0.3 is 25.6 Å². The number of carboxylic acids is 1. The van der Waals surface area contributed by atoms with E-state index in [0.29, 0.717) is 18.2 Å². The van der Waals surface area contributed by atoms with E-state index in [-0.39, 0.29) is 34.2 Å². The summed E-state index contributed by atoms with van der Waals surface area (Å²) in [6, 6.07) is 10.5. The van der Waals surface area contributed by atoms with E-state index in [2.05, 4.69) is 27.7 Å². The summed E-state index contributed by atoms with van der Waals surface area (Å²) in [7, 11) is 2.75. The van der Waals surface area contributed by atoms with Crippen LogP contribution in [0.25, 0.3) is 5.70 Å². The van der Waals surface area contributed by atoms with Gasteiger partial charge in [0.1, 0.15) is 17.7 Å². The summed E-state index contributed by atoms with van der Waals surface area (Å²) in [5, 5.41) is 18.0. The number of methoxy groups -OCH3 is 2. The van der Waals surface area contributed by atoms with Gasteiger partial charge in [0.25, 0.3) is 5.91 Å². The van der Waals surface area contributed by atoms with Crippen molar-refractivity contribution in [3.8, 4) is 11.5 Å². The van der Waals surface area contributed by atoms with Crippen molar-refractivity contribution in [1.29, 1.82) is 5.41 Å². The Bertz CT molecular complexity index is 1450. The van der Waals surface area contributed by atoms with Gasteiger partial charge in [-0.15, -0.1) is 0 Å². The zero-order valence-electron chi connectivity index (χ0n) is 22.6. The number of aliphatic carboxylic acids is 1. The maximum Gasteiger partial charge on any atom is 0.374 e. The Balaban J connectivity index is 0.000000782. The largest absolute Gasteiger partial charge is 0.493 e. The summed E-state index contributed by atoms with van der Waals surface area (Å²) in [5.41, 5.74) is 11.4. The van der Waals surface area contributed by atoms with Crippen molar-refractivity contribution < 1.29 is 41.7 Å². The molecule has 1 aromatic heterocycles. The van der Waals surface area contributed by atoms with Gasteiger partial charge in [-0.1, -0.05) is 6.58 Å². The number of hydrogen-bond acceptors (Lipinski definition) is 8. The number of amides is 1. The van der Waals surface area contributed by atoms with Gasteiger partial charge in [-0.05, 0) is 42.5 Å². The summed E-state index contributed by atoms with van der Waals surface area (Å²) < 4.78 is 61.9. The molecule has 1 amide bonds. The lowest BCUT2D eigenvalue weighted by Crippen LogP contribution is -2.41. The van der Waals surface area contributed by atoms with E-state index in [9.17, 15) is 22.8 Å². The summed E-state index contributed by atoms with van der Waals surface area (Å²) in [6.07, 6.45) is 1.28. The Labute approximate surface area is 237 Å². The quantitative estimate of drug-likeness (QED) is 0.0636. The molecule has 0 aliphatic rings. The topological polar surface area (TPSA) is 172 Å². The van der Waals surface area contributed by atoms with E-state index in [1.165, 1.54) is 38.6 Å². The second-order valence-corrected chi connectivity index (χ2v) is 8.43. The van der Waals surface area contributed by atoms with Gasteiger partial charge >= 0.3 is 11.9 Å². The number of nitrogen functional groups attached to an aromatic ring is 1. The van der Waals surface area contributed by atoms with Gasteiger partial charge in [-0.2, -0.15) is 13.2 Å². The fourth-order valence-corrected chi connectivity index (χ4v) is 3.18. The fourth-order valence-electron chi connectivity index (χ4n) is 3.18. The van der Waals surface area contributed by atoms with E-state index in [1.54, 1.807) is 24.3 Å². The first-order valence-electron chi connectivity index (χ1n) is 11.8. The molecule has 1 atom stereocenters.